The second kappa shape index (κ2) is 8.54. The number of anilines is 1. The number of nitrogens with zero attached hydrogens (tertiary/aromatic N) is 2. The average Bonchev–Trinajstić information content (AvgIpc) is 3.36. The molecule has 0 spiro atoms. The maximum atomic E-state index is 2.89. The molecule has 2 unspecified atom stereocenters. The molecular weight excluding hydrogens is 436 g/mol. The molecule has 2 heteroatoms. The van der Waals surface area contributed by atoms with Crippen LogP contribution in [0.5, 0.6) is 0 Å². The van der Waals surface area contributed by atoms with Gasteiger partial charge in [-0.1, -0.05) is 113 Å². The summed E-state index contributed by atoms with van der Waals surface area (Å²) in [5.74, 6) is 0.585. The first-order chi connectivity index (χ1) is 17.4. The summed E-state index contributed by atoms with van der Waals surface area (Å²) in [6.45, 7) is 11.9. The van der Waals surface area contributed by atoms with E-state index in [4.69, 9.17) is 0 Å². The lowest BCUT2D eigenvalue weighted by atomic mass is 9.66. The van der Waals surface area contributed by atoms with Gasteiger partial charge in [0.25, 0.3) is 0 Å². The van der Waals surface area contributed by atoms with Crippen molar-refractivity contribution in [3.8, 4) is 0 Å². The van der Waals surface area contributed by atoms with Crippen molar-refractivity contribution in [3.63, 3.8) is 0 Å². The van der Waals surface area contributed by atoms with Crippen LogP contribution in [0.2, 0.25) is 0 Å². The third kappa shape index (κ3) is 3.23. The van der Waals surface area contributed by atoms with E-state index in [1.54, 1.807) is 0 Å². The molecule has 2 nitrogen and oxygen atoms in total. The molecule has 0 saturated heterocycles. The Morgan fingerprint density at radius 3 is 2.08 bits per heavy atom. The van der Waals surface area contributed by atoms with Crippen molar-refractivity contribution in [3.05, 3.63) is 107 Å². The third-order valence-corrected chi connectivity index (χ3v) is 8.97. The van der Waals surface area contributed by atoms with Crippen LogP contribution in [0.25, 0.3) is 5.70 Å². The van der Waals surface area contributed by atoms with Gasteiger partial charge < -0.3 is 9.80 Å². The number of para-hydroxylation sites is 1. The van der Waals surface area contributed by atoms with E-state index < -0.39 is 0 Å². The molecule has 0 N–H and O–H groups in total. The minimum Gasteiger partial charge on any atom is -0.334 e. The van der Waals surface area contributed by atoms with Gasteiger partial charge in [-0.25, -0.2) is 0 Å². The second-order valence-corrected chi connectivity index (χ2v) is 12.2. The predicted molar refractivity (Wildman–Crippen MR) is 152 cm³/mol. The molecule has 2 atom stereocenters. The summed E-state index contributed by atoms with van der Waals surface area (Å²) in [5.41, 5.74) is 9.74. The molecule has 2 aliphatic heterocycles. The van der Waals surface area contributed by atoms with Crippen LogP contribution in [-0.2, 0) is 5.54 Å². The minimum atomic E-state index is -0.162. The van der Waals surface area contributed by atoms with Crippen molar-refractivity contribution < 1.29 is 0 Å². The molecule has 0 aromatic heterocycles. The van der Waals surface area contributed by atoms with Gasteiger partial charge >= 0.3 is 0 Å². The summed E-state index contributed by atoms with van der Waals surface area (Å²) >= 11 is 0. The fourth-order valence-corrected chi connectivity index (χ4v) is 7.64. The van der Waals surface area contributed by atoms with Gasteiger partial charge in [-0.05, 0) is 55.4 Å². The van der Waals surface area contributed by atoms with Gasteiger partial charge in [-0.2, -0.15) is 0 Å². The van der Waals surface area contributed by atoms with Crippen LogP contribution < -0.4 is 4.90 Å². The highest BCUT2D eigenvalue weighted by atomic mass is 15.5. The van der Waals surface area contributed by atoms with Crippen molar-refractivity contribution >= 4 is 11.4 Å². The second-order valence-electron chi connectivity index (χ2n) is 12.2. The average molecular weight is 477 g/mol. The van der Waals surface area contributed by atoms with Crippen molar-refractivity contribution in [1.82, 2.24) is 4.90 Å². The van der Waals surface area contributed by atoms with Crippen molar-refractivity contribution in [1.29, 1.82) is 0 Å². The van der Waals surface area contributed by atoms with Gasteiger partial charge in [0.1, 0.15) is 6.17 Å². The Hall–Kier alpha value is -3.00. The molecule has 1 saturated carbocycles. The lowest BCUT2D eigenvalue weighted by Crippen LogP contribution is -2.58. The van der Waals surface area contributed by atoms with E-state index in [9.17, 15) is 0 Å². The van der Waals surface area contributed by atoms with Crippen molar-refractivity contribution in [2.24, 2.45) is 11.3 Å². The summed E-state index contributed by atoms with van der Waals surface area (Å²) in [7, 11) is 0. The first-order valence-electron chi connectivity index (χ1n) is 13.9. The summed E-state index contributed by atoms with van der Waals surface area (Å²) in [5, 5.41) is 0. The standard InChI is InChI=1S/C34H40N2/c1-24-16-12-15-23-30(24)35-25(2)31-28-21-13-14-22-29(28)34(26-17-8-6-9-18-26,27-19-10-7-11-20-27)36(31)32(35)33(3,4)5/h6,8-9,12-18,21-23,27,32H,7,10-11,19-20H2,1-5H3. The van der Waals surface area contributed by atoms with Gasteiger partial charge in [0, 0.05) is 22.4 Å². The summed E-state index contributed by atoms with van der Waals surface area (Å²) in [6, 6.07) is 29.7. The van der Waals surface area contributed by atoms with Gasteiger partial charge in [-0.3, -0.25) is 0 Å². The zero-order valence-electron chi connectivity index (χ0n) is 22.6. The normalized spacial score (nSPS) is 24.3. The highest BCUT2D eigenvalue weighted by molar-refractivity contribution is 5.84. The SMILES string of the molecule is CC1=C2c3ccccc3C(c3ccccc3)(C3CCCCC3)N2C(C(C)(C)C)N1c1ccccc1C. The fraction of sp³-hybridized carbons (Fsp3) is 0.412. The molecule has 0 amide bonds. The number of allylic oxidation sites excluding steroid dienone is 1. The molecule has 0 radical (unpaired) electrons. The number of aryl methyl sites for hydroxylation is 1. The zero-order valence-corrected chi connectivity index (χ0v) is 22.6. The molecule has 6 rings (SSSR count). The highest BCUT2D eigenvalue weighted by Gasteiger charge is 2.61. The molecular formula is C34H40N2. The number of hydrogen-bond donors (Lipinski definition) is 0. The fourth-order valence-electron chi connectivity index (χ4n) is 7.64. The van der Waals surface area contributed by atoms with E-state index in [2.05, 4.69) is 123 Å². The van der Waals surface area contributed by atoms with Crippen molar-refractivity contribution in [2.45, 2.75) is 78.4 Å². The molecule has 186 valence electrons. The van der Waals surface area contributed by atoms with E-state index >= 15 is 0 Å². The Labute approximate surface area is 217 Å². The summed E-state index contributed by atoms with van der Waals surface area (Å²) in [4.78, 5) is 5.56. The molecule has 0 bridgehead atoms. The van der Waals surface area contributed by atoms with Crippen LogP contribution in [0.4, 0.5) is 5.69 Å². The number of rotatable bonds is 3. The Bertz CT molecular complexity index is 1290. The van der Waals surface area contributed by atoms with E-state index in [1.165, 1.54) is 71.4 Å². The Morgan fingerprint density at radius 2 is 1.39 bits per heavy atom. The monoisotopic (exact) mass is 476 g/mol. The molecule has 1 fully saturated rings. The van der Waals surface area contributed by atoms with Crippen LogP contribution in [-0.4, -0.2) is 11.1 Å². The maximum absolute atomic E-state index is 2.89. The van der Waals surface area contributed by atoms with Crippen molar-refractivity contribution in [2.75, 3.05) is 4.90 Å². The van der Waals surface area contributed by atoms with E-state index in [0.717, 1.165) is 0 Å². The Morgan fingerprint density at radius 1 is 0.750 bits per heavy atom. The Balaban J connectivity index is 1.70. The first-order valence-corrected chi connectivity index (χ1v) is 13.9. The van der Waals surface area contributed by atoms with Gasteiger partial charge in [0.05, 0.1) is 11.2 Å². The predicted octanol–water partition coefficient (Wildman–Crippen LogP) is 8.72. The quantitative estimate of drug-likeness (QED) is 0.373. The lowest BCUT2D eigenvalue weighted by molar-refractivity contribution is 0.0382. The summed E-state index contributed by atoms with van der Waals surface area (Å²) < 4.78 is 0. The lowest BCUT2D eigenvalue weighted by Gasteiger charge is -2.54. The molecule has 3 aliphatic rings. The first kappa shape index (κ1) is 23.4. The minimum absolute atomic E-state index is 0.0298. The topological polar surface area (TPSA) is 6.48 Å². The molecule has 1 aliphatic carbocycles. The molecule has 2 heterocycles. The number of fused-ring (bicyclic) bond motifs is 3. The van der Waals surface area contributed by atoms with E-state index in [1.807, 2.05) is 0 Å². The third-order valence-electron chi connectivity index (χ3n) is 8.97. The largest absolute Gasteiger partial charge is 0.334 e. The molecule has 3 aromatic rings. The number of hydrogen-bond acceptors (Lipinski definition) is 2. The van der Waals surface area contributed by atoms with Gasteiger partial charge in [0.2, 0.25) is 0 Å². The highest BCUT2D eigenvalue weighted by Crippen LogP contribution is 2.63. The maximum Gasteiger partial charge on any atom is 0.112 e. The summed E-state index contributed by atoms with van der Waals surface area (Å²) in [6.07, 6.45) is 6.80. The van der Waals surface area contributed by atoms with Gasteiger partial charge in [-0.15, -0.1) is 0 Å². The number of benzene rings is 3. The van der Waals surface area contributed by atoms with Crippen LogP contribution >= 0.6 is 0 Å². The van der Waals surface area contributed by atoms with Crippen LogP contribution in [0.15, 0.2) is 84.6 Å². The smallest absolute Gasteiger partial charge is 0.112 e. The van der Waals surface area contributed by atoms with Crippen LogP contribution in [0.3, 0.4) is 0 Å². The van der Waals surface area contributed by atoms with E-state index in [0.29, 0.717) is 5.92 Å². The molecule has 36 heavy (non-hydrogen) atoms. The molecule has 3 aromatic carbocycles. The zero-order chi connectivity index (χ0) is 25.1. The van der Waals surface area contributed by atoms with E-state index in [-0.39, 0.29) is 17.1 Å². The van der Waals surface area contributed by atoms with Gasteiger partial charge in [0.15, 0.2) is 0 Å². The Kier molecular flexibility index (Phi) is 5.55. The van der Waals surface area contributed by atoms with Crippen LogP contribution in [0, 0.1) is 18.3 Å². The van der Waals surface area contributed by atoms with Crippen LogP contribution in [0.1, 0.15) is 82.1 Å².